The monoisotopic (exact) mass is 632 g/mol. The number of ether oxygens (including phenoxy) is 1. The fourth-order valence-electron chi connectivity index (χ4n) is 5.66. The summed E-state index contributed by atoms with van der Waals surface area (Å²) in [4.78, 5) is 35.4. The summed E-state index contributed by atoms with van der Waals surface area (Å²) in [5.41, 5.74) is 2.52. The molecule has 1 fully saturated rings. The van der Waals surface area contributed by atoms with Crippen molar-refractivity contribution < 1.29 is 18.3 Å². The Morgan fingerprint density at radius 1 is 0.894 bits per heavy atom. The average molecular weight is 633 g/mol. The highest BCUT2D eigenvalue weighted by atomic mass is 19.1. The van der Waals surface area contributed by atoms with Crippen LogP contribution >= 0.6 is 0 Å². The number of piperazine rings is 1. The summed E-state index contributed by atoms with van der Waals surface area (Å²) in [5, 5.41) is 4.37. The van der Waals surface area contributed by atoms with Gasteiger partial charge in [0.15, 0.2) is 23.1 Å². The summed E-state index contributed by atoms with van der Waals surface area (Å²) >= 11 is 0. The van der Waals surface area contributed by atoms with Crippen LogP contribution in [-0.2, 0) is 6.42 Å². The molecule has 0 radical (unpaired) electrons. The number of halogens is 2. The van der Waals surface area contributed by atoms with Gasteiger partial charge in [0.2, 0.25) is 0 Å². The minimum atomic E-state index is -0.659. The van der Waals surface area contributed by atoms with Crippen molar-refractivity contribution >= 4 is 17.1 Å². The van der Waals surface area contributed by atoms with Gasteiger partial charge in [-0.2, -0.15) is 5.10 Å². The van der Waals surface area contributed by atoms with Gasteiger partial charge in [-0.15, -0.1) is 0 Å². The van der Waals surface area contributed by atoms with Gasteiger partial charge < -0.3 is 14.5 Å². The maximum Gasteiger partial charge on any atom is 0.265 e. The molecule has 0 bridgehead atoms. The van der Waals surface area contributed by atoms with E-state index in [0.29, 0.717) is 22.5 Å². The number of rotatable bonds is 8. The quantitative estimate of drug-likeness (QED) is 0.196. The summed E-state index contributed by atoms with van der Waals surface area (Å²) in [6.07, 6.45) is 6.63. The first-order chi connectivity index (χ1) is 22.8. The van der Waals surface area contributed by atoms with Gasteiger partial charge in [0.05, 0.1) is 11.8 Å². The number of nitrogens with zero attached hydrogens (tertiary/aromatic N) is 6. The lowest BCUT2D eigenvalue weighted by atomic mass is 10.0. The van der Waals surface area contributed by atoms with Crippen LogP contribution in [0.1, 0.15) is 15.9 Å². The average Bonchev–Trinajstić information content (AvgIpc) is 3.56. The number of carbonyl (C=O) groups excluding carboxylic acids is 1. The first-order valence-electron chi connectivity index (χ1n) is 15.2. The number of Topliss-reactive ketones (excluding diaryl/α,β-unsaturated/α-hetero) is 1. The van der Waals surface area contributed by atoms with Gasteiger partial charge in [-0.1, -0.05) is 6.07 Å². The summed E-state index contributed by atoms with van der Waals surface area (Å²) in [7, 11) is 2.11. The molecule has 1 aliphatic heterocycles. The second-order valence-electron chi connectivity index (χ2n) is 11.5. The number of likely N-dealkylation sites (N-methyl/N-ethyl adjacent to an activating group) is 1. The first kappa shape index (κ1) is 30.0. The first-order valence-corrected chi connectivity index (χ1v) is 15.2. The third-order valence-electron chi connectivity index (χ3n) is 8.31. The Kier molecular flexibility index (Phi) is 8.05. The number of carbonyl (C=O) groups is 1. The molecule has 4 aromatic heterocycles. The van der Waals surface area contributed by atoms with Crippen molar-refractivity contribution in [3.8, 4) is 28.3 Å². The van der Waals surface area contributed by atoms with Gasteiger partial charge in [-0.05, 0) is 85.4 Å². The molecule has 0 unspecified atom stereocenters. The van der Waals surface area contributed by atoms with E-state index >= 15 is 4.39 Å². The number of anilines is 1. The lowest BCUT2D eigenvalue weighted by molar-refractivity contribution is 0.0991. The van der Waals surface area contributed by atoms with E-state index in [1.165, 1.54) is 53.2 Å². The highest BCUT2D eigenvalue weighted by molar-refractivity contribution is 5.97. The van der Waals surface area contributed by atoms with Crippen molar-refractivity contribution in [2.75, 3.05) is 38.1 Å². The van der Waals surface area contributed by atoms with Crippen LogP contribution in [0.5, 0.6) is 11.5 Å². The van der Waals surface area contributed by atoms with E-state index in [1.807, 2.05) is 30.6 Å². The Hall–Kier alpha value is -5.68. The molecule has 6 aromatic rings. The number of aromatic nitrogens is 4. The van der Waals surface area contributed by atoms with Gasteiger partial charge in [0.1, 0.15) is 17.2 Å². The van der Waals surface area contributed by atoms with Gasteiger partial charge in [0, 0.05) is 68.0 Å². The predicted octanol–water partition coefficient (Wildman–Crippen LogP) is 5.79. The molecule has 0 atom stereocenters. The van der Waals surface area contributed by atoms with Gasteiger partial charge in [0.25, 0.3) is 5.56 Å². The molecule has 5 heterocycles. The molecular formula is C36H30F2N6O3. The molecule has 7 rings (SSSR count). The second kappa shape index (κ2) is 12.6. The van der Waals surface area contributed by atoms with Crippen LogP contribution in [0.25, 0.3) is 22.3 Å². The third-order valence-corrected chi connectivity index (χ3v) is 8.31. The van der Waals surface area contributed by atoms with E-state index in [0.717, 1.165) is 43.1 Å². The smallest absolute Gasteiger partial charge is 0.265 e. The second-order valence-corrected chi connectivity index (χ2v) is 11.5. The fraction of sp³-hybridized carbons (Fsp3) is 0.167. The van der Waals surface area contributed by atoms with Crippen LogP contribution in [0, 0.1) is 11.6 Å². The lowest BCUT2D eigenvalue weighted by Gasteiger charge is -2.33. The molecule has 2 aromatic carbocycles. The SMILES string of the molecule is CN1CCN(c2ccc(-c3cc(Oc4ccc(CC(=O)c5cccn(-c6ccc(F)cc6)c5=O)cc4F)c4ccnn4c3)cn2)CC1. The molecule has 236 valence electrons. The number of pyridine rings is 3. The summed E-state index contributed by atoms with van der Waals surface area (Å²) in [6.45, 7) is 3.81. The van der Waals surface area contributed by atoms with Crippen molar-refractivity contribution in [1.29, 1.82) is 0 Å². The van der Waals surface area contributed by atoms with Crippen LogP contribution in [0.15, 0.2) is 108 Å². The zero-order chi connectivity index (χ0) is 32.5. The van der Waals surface area contributed by atoms with Crippen molar-refractivity contribution in [1.82, 2.24) is 24.1 Å². The summed E-state index contributed by atoms with van der Waals surface area (Å²) in [6, 6.07) is 20.3. The van der Waals surface area contributed by atoms with Crippen molar-refractivity contribution in [3.63, 3.8) is 0 Å². The minimum absolute atomic E-state index is 0.0247. The number of hydrogen-bond donors (Lipinski definition) is 0. The van der Waals surface area contributed by atoms with E-state index in [4.69, 9.17) is 9.72 Å². The number of hydrogen-bond acceptors (Lipinski definition) is 7. The maximum absolute atomic E-state index is 15.4. The highest BCUT2D eigenvalue weighted by Gasteiger charge is 2.18. The van der Waals surface area contributed by atoms with Crippen LogP contribution in [-0.4, -0.2) is 63.1 Å². The Morgan fingerprint density at radius 3 is 2.45 bits per heavy atom. The van der Waals surface area contributed by atoms with E-state index < -0.39 is 23.0 Å². The number of benzene rings is 2. The molecule has 11 heteroatoms. The molecular weight excluding hydrogens is 602 g/mol. The molecule has 1 saturated heterocycles. The maximum atomic E-state index is 15.4. The molecule has 1 aliphatic rings. The summed E-state index contributed by atoms with van der Waals surface area (Å²) < 4.78 is 37.8. The van der Waals surface area contributed by atoms with Crippen LogP contribution < -0.4 is 15.2 Å². The van der Waals surface area contributed by atoms with E-state index in [-0.39, 0.29) is 17.7 Å². The standard InChI is InChI=1S/C36H30F2N6O3/c1-41-15-17-42(18-16-41)35-11-5-25(22-39-35)26-21-34(31-12-13-40-44(31)23-26)47-33-10-4-24(19-30(33)38)20-32(45)29-3-2-14-43(36(29)46)28-8-6-27(37)7-9-28/h2-14,19,21-23H,15-18,20H2,1H3. The zero-order valence-electron chi connectivity index (χ0n) is 25.5. The zero-order valence-corrected chi connectivity index (χ0v) is 25.5. The Bertz CT molecular complexity index is 2140. The molecule has 0 aliphatic carbocycles. The molecule has 0 saturated carbocycles. The summed E-state index contributed by atoms with van der Waals surface area (Å²) in [5.74, 6) is -0.270. The molecule has 9 nitrogen and oxygen atoms in total. The molecule has 0 N–H and O–H groups in total. The Balaban J connectivity index is 1.10. The molecule has 0 amide bonds. The fourth-order valence-corrected chi connectivity index (χ4v) is 5.66. The molecule has 0 spiro atoms. The molecule has 47 heavy (non-hydrogen) atoms. The van der Waals surface area contributed by atoms with Crippen molar-refractivity contribution in [2.24, 2.45) is 0 Å². The van der Waals surface area contributed by atoms with Crippen molar-refractivity contribution in [2.45, 2.75) is 6.42 Å². The largest absolute Gasteiger partial charge is 0.452 e. The predicted molar refractivity (Wildman–Crippen MR) is 175 cm³/mol. The van der Waals surface area contributed by atoms with Crippen molar-refractivity contribution in [3.05, 3.63) is 137 Å². The van der Waals surface area contributed by atoms with Crippen LogP contribution in [0.2, 0.25) is 0 Å². The third kappa shape index (κ3) is 6.25. The highest BCUT2D eigenvalue weighted by Crippen LogP contribution is 2.33. The van der Waals surface area contributed by atoms with Gasteiger partial charge in [-0.3, -0.25) is 14.2 Å². The Labute approximate surface area is 268 Å². The Morgan fingerprint density at radius 2 is 1.70 bits per heavy atom. The van der Waals surface area contributed by atoms with E-state index in [9.17, 15) is 14.0 Å². The van der Waals surface area contributed by atoms with Crippen LogP contribution in [0.3, 0.4) is 0 Å². The van der Waals surface area contributed by atoms with E-state index in [2.05, 4.69) is 21.9 Å². The van der Waals surface area contributed by atoms with Crippen LogP contribution in [0.4, 0.5) is 14.6 Å². The van der Waals surface area contributed by atoms with Gasteiger partial charge in [-0.25, -0.2) is 18.3 Å². The number of fused-ring (bicyclic) bond motifs is 1. The number of ketones is 1. The minimum Gasteiger partial charge on any atom is -0.452 e. The van der Waals surface area contributed by atoms with Gasteiger partial charge >= 0.3 is 0 Å². The lowest BCUT2D eigenvalue weighted by Crippen LogP contribution is -2.44. The topological polar surface area (TPSA) is 85.0 Å². The normalized spacial score (nSPS) is 13.6. The van der Waals surface area contributed by atoms with E-state index in [1.54, 1.807) is 28.9 Å².